The van der Waals surface area contributed by atoms with E-state index in [9.17, 15) is 25.4 Å². The van der Waals surface area contributed by atoms with Gasteiger partial charge in [0.1, 0.15) is 28.5 Å². The molecule has 1 aromatic heterocycles. The van der Waals surface area contributed by atoms with Gasteiger partial charge >= 0.3 is 5.97 Å². The lowest BCUT2D eigenvalue weighted by Crippen LogP contribution is -2.27. The quantitative estimate of drug-likeness (QED) is 0.254. The van der Waals surface area contributed by atoms with E-state index < -0.39 is 16.8 Å². The van der Waals surface area contributed by atoms with Crippen LogP contribution in [0, 0.1) is 32.8 Å². The minimum Gasteiger partial charge on any atom is -0.463 e. The number of hydrogen-bond donors (Lipinski definition) is 1. The van der Waals surface area contributed by atoms with Crippen LogP contribution in [0.3, 0.4) is 0 Å². The van der Waals surface area contributed by atoms with Crippen molar-refractivity contribution in [2.24, 2.45) is 5.73 Å². The van der Waals surface area contributed by atoms with Crippen LogP contribution in [0.4, 0.5) is 5.69 Å². The summed E-state index contributed by atoms with van der Waals surface area (Å²) in [6.07, 6.45) is 2.71. The van der Waals surface area contributed by atoms with E-state index in [4.69, 9.17) is 15.2 Å². The summed E-state index contributed by atoms with van der Waals surface area (Å²) in [6.45, 7) is 1.74. The van der Waals surface area contributed by atoms with E-state index >= 15 is 0 Å². The van der Waals surface area contributed by atoms with Gasteiger partial charge in [-0.3, -0.25) is 10.1 Å². The van der Waals surface area contributed by atoms with E-state index in [0.29, 0.717) is 16.2 Å². The summed E-state index contributed by atoms with van der Waals surface area (Å²) in [5.74, 6) is -1.55. The molecule has 1 aliphatic heterocycles. The van der Waals surface area contributed by atoms with Crippen LogP contribution in [0.25, 0.3) is 0 Å². The zero-order valence-electron chi connectivity index (χ0n) is 19.3. The molecule has 182 valence electrons. The number of esters is 1. The lowest BCUT2D eigenvalue weighted by molar-refractivity contribution is -0.384. The van der Waals surface area contributed by atoms with Crippen LogP contribution in [0.1, 0.15) is 41.6 Å². The summed E-state index contributed by atoms with van der Waals surface area (Å²) in [5.41, 5.74) is 8.92. The Kier molecular flexibility index (Phi) is 7.23. The molecule has 36 heavy (non-hydrogen) atoms. The van der Waals surface area contributed by atoms with Gasteiger partial charge in [0.25, 0.3) is 5.69 Å². The van der Waals surface area contributed by atoms with E-state index in [2.05, 4.69) is 11.1 Å². The van der Waals surface area contributed by atoms with Gasteiger partial charge in [0, 0.05) is 17.8 Å². The van der Waals surface area contributed by atoms with Gasteiger partial charge in [-0.05, 0) is 43.4 Å². The Bertz CT molecular complexity index is 1390. The summed E-state index contributed by atoms with van der Waals surface area (Å²) in [6, 6.07) is 11.6. The minimum absolute atomic E-state index is 0.00553. The third-order valence-corrected chi connectivity index (χ3v) is 6.90. The lowest BCUT2D eigenvalue weighted by Gasteiger charge is -2.28. The molecule has 11 heteroatoms. The maximum absolute atomic E-state index is 13.1. The Hall–Kier alpha value is -4.35. The van der Waals surface area contributed by atoms with Gasteiger partial charge in [0.2, 0.25) is 5.88 Å². The zero-order valence-corrected chi connectivity index (χ0v) is 20.1. The highest BCUT2D eigenvalue weighted by Crippen LogP contribution is 2.41. The molecular weight excluding hydrogens is 482 g/mol. The highest BCUT2D eigenvalue weighted by atomic mass is 32.2. The summed E-state index contributed by atoms with van der Waals surface area (Å²) in [5, 5.41) is 31.1. The second-order valence-corrected chi connectivity index (χ2v) is 9.00. The van der Waals surface area contributed by atoms with E-state index in [0.717, 1.165) is 30.5 Å². The number of nitro benzene ring substituents is 1. The fourth-order valence-corrected chi connectivity index (χ4v) is 5.17. The third-order valence-electron chi connectivity index (χ3n) is 5.91. The first-order valence-corrected chi connectivity index (χ1v) is 12.1. The highest BCUT2D eigenvalue weighted by Gasteiger charge is 2.38. The SMILES string of the molecule is CCOC(=O)C1=C(CSc2nc3c(cc2C#N)CCC3)OC(N)=C(C#N)C1c1ccc([N+](=O)[O-])cc1. The molecule has 2 heterocycles. The number of non-ortho nitro benzene ring substituents is 1. The third kappa shape index (κ3) is 4.74. The van der Waals surface area contributed by atoms with Gasteiger partial charge in [-0.2, -0.15) is 10.5 Å². The number of fused-ring (bicyclic) bond motifs is 1. The smallest absolute Gasteiger partial charge is 0.338 e. The van der Waals surface area contributed by atoms with Gasteiger partial charge in [-0.25, -0.2) is 9.78 Å². The number of ether oxygens (including phenoxy) is 2. The van der Waals surface area contributed by atoms with Crippen molar-refractivity contribution in [3.63, 3.8) is 0 Å². The molecule has 0 saturated heterocycles. The van der Waals surface area contributed by atoms with Crippen molar-refractivity contribution in [3.05, 3.63) is 85.6 Å². The Labute approximate surface area is 211 Å². The predicted molar refractivity (Wildman–Crippen MR) is 129 cm³/mol. The maximum Gasteiger partial charge on any atom is 0.338 e. The zero-order chi connectivity index (χ0) is 25.8. The number of rotatable bonds is 7. The van der Waals surface area contributed by atoms with Crippen LogP contribution in [0.15, 0.2) is 58.1 Å². The second kappa shape index (κ2) is 10.5. The summed E-state index contributed by atoms with van der Waals surface area (Å²) >= 11 is 1.22. The summed E-state index contributed by atoms with van der Waals surface area (Å²) in [4.78, 5) is 28.3. The molecule has 0 spiro atoms. The number of aryl methyl sites for hydroxylation is 2. The van der Waals surface area contributed by atoms with Crippen molar-refractivity contribution >= 4 is 23.4 Å². The van der Waals surface area contributed by atoms with Crippen molar-refractivity contribution in [1.82, 2.24) is 4.98 Å². The van der Waals surface area contributed by atoms with E-state index in [1.807, 2.05) is 12.1 Å². The Balaban J connectivity index is 1.76. The molecule has 2 aromatic rings. The first-order valence-electron chi connectivity index (χ1n) is 11.2. The summed E-state index contributed by atoms with van der Waals surface area (Å²) < 4.78 is 11.0. The largest absolute Gasteiger partial charge is 0.463 e. The van der Waals surface area contributed by atoms with Crippen LogP contribution in [-0.2, 0) is 27.1 Å². The molecular formula is C25H21N5O5S. The molecule has 0 saturated carbocycles. The molecule has 10 nitrogen and oxygen atoms in total. The van der Waals surface area contributed by atoms with Crippen molar-refractivity contribution < 1.29 is 19.2 Å². The molecule has 0 bridgehead atoms. The molecule has 0 radical (unpaired) electrons. The normalized spacial score (nSPS) is 16.6. The first-order chi connectivity index (χ1) is 17.4. The number of thioether (sulfide) groups is 1. The van der Waals surface area contributed by atoms with Crippen LogP contribution in [-0.4, -0.2) is 28.2 Å². The number of benzene rings is 1. The number of nitrogens with two attached hydrogens (primary N) is 1. The highest BCUT2D eigenvalue weighted by molar-refractivity contribution is 7.99. The number of nitro groups is 1. The number of aromatic nitrogens is 1. The Morgan fingerprint density at radius 2 is 2.06 bits per heavy atom. The van der Waals surface area contributed by atoms with Crippen LogP contribution in [0.2, 0.25) is 0 Å². The maximum atomic E-state index is 13.1. The number of carbonyl (C=O) groups excluding carboxylic acids is 1. The minimum atomic E-state index is -0.942. The Morgan fingerprint density at radius 1 is 1.31 bits per heavy atom. The fraction of sp³-hybridized carbons (Fsp3) is 0.280. The van der Waals surface area contributed by atoms with Crippen LogP contribution < -0.4 is 5.73 Å². The van der Waals surface area contributed by atoms with E-state index in [1.165, 1.54) is 36.0 Å². The number of hydrogen-bond acceptors (Lipinski definition) is 10. The number of allylic oxidation sites excluding steroid dienone is 1. The second-order valence-electron chi connectivity index (χ2n) is 8.03. The topological polar surface area (TPSA) is 165 Å². The first kappa shape index (κ1) is 24.8. The standard InChI is InChI=1S/C25H21N5O5S/c1-2-34-25(31)22-20(13-36-24-16(11-26)10-15-4-3-5-19(15)29-24)35-23(28)18(12-27)21(22)14-6-8-17(9-7-14)30(32)33/h6-10,21H,2-5,13,28H2,1H3. The van der Waals surface area contributed by atoms with Crippen molar-refractivity contribution in [3.8, 4) is 12.1 Å². The number of nitriles is 2. The van der Waals surface area contributed by atoms with Gasteiger partial charge < -0.3 is 15.2 Å². The monoisotopic (exact) mass is 503 g/mol. The van der Waals surface area contributed by atoms with Crippen molar-refractivity contribution in [2.45, 2.75) is 37.1 Å². The van der Waals surface area contributed by atoms with Crippen molar-refractivity contribution in [2.75, 3.05) is 12.4 Å². The number of carbonyl (C=O) groups is 1. The molecule has 1 unspecified atom stereocenters. The molecule has 0 amide bonds. The van der Waals surface area contributed by atoms with Gasteiger partial charge in [-0.15, -0.1) is 0 Å². The average molecular weight is 504 g/mol. The van der Waals surface area contributed by atoms with Gasteiger partial charge in [-0.1, -0.05) is 23.9 Å². The number of pyridine rings is 1. The number of nitrogens with zero attached hydrogens (tertiary/aromatic N) is 4. The van der Waals surface area contributed by atoms with Crippen LogP contribution >= 0.6 is 11.8 Å². The molecule has 0 fully saturated rings. The van der Waals surface area contributed by atoms with Crippen molar-refractivity contribution in [1.29, 1.82) is 10.5 Å². The van der Waals surface area contributed by atoms with Gasteiger partial charge in [0.05, 0.1) is 34.3 Å². The molecule has 4 rings (SSSR count). The Morgan fingerprint density at radius 3 is 2.69 bits per heavy atom. The molecule has 2 aliphatic rings. The average Bonchev–Trinajstić information content (AvgIpc) is 3.33. The summed E-state index contributed by atoms with van der Waals surface area (Å²) in [7, 11) is 0. The molecule has 2 N–H and O–H groups in total. The fourth-order valence-electron chi connectivity index (χ4n) is 4.26. The molecule has 1 aromatic carbocycles. The molecule has 1 atom stereocenters. The van der Waals surface area contributed by atoms with E-state index in [1.54, 1.807) is 6.92 Å². The van der Waals surface area contributed by atoms with Crippen LogP contribution in [0.5, 0.6) is 0 Å². The van der Waals surface area contributed by atoms with E-state index in [-0.39, 0.29) is 40.8 Å². The lowest BCUT2D eigenvalue weighted by atomic mass is 9.83. The van der Waals surface area contributed by atoms with Gasteiger partial charge in [0.15, 0.2) is 0 Å². The predicted octanol–water partition coefficient (Wildman–Crippen LogP) is 3.77. The molecule has 1 aliphatic carbocycles.